The normalized spacial score (nSPS) is 10.6. The molecule has 1 amide bonds. The smallest absolute Gasteiger partial charge is 0.255 e. The quantitative estimate of drug-likeness (QED) is 0.727. The fourth-order valence-electron chi connectivity index (χ4n) is 2.27. The first-order chi connectivity index (χ1) is 10.5. The molecule has 0 saturated carbocycles. The lowest BCUT2D eigenvalue weighted by molar-refractivity contribution is 0.101. The molecule has 0 bridgehead atoms. The zero-order valence-electron chi connectivity index (χ0n) is 12.3. The molecule has 2 N–H and O–H groups in total. The Kier molecular flexibility index (Phi) is 3.47. The zero-order valence-corrected chi connectivity index (χ0v) is 12.3. The standard InChI is InChI=1S/C17H15N3O2/c1-10(21)12-3-6-14(7-4-12)20-17(22)13-5-8-15-16(9-13)19-11(2)18-15/h3-9H,1-2H3,(H,18,19)(H,20,22). The molecule has 0 spiro atoms. The van der Waals surface area contributed by atoms with Crippen LogP contribution in [0.15, 0.2) is 42.5 Å². The summed E-state index contributed by atoms with van der Waals surface area (Å²) < 4.78 is 0. The number of ketones is 1. The molecule has 3 rings (SSSR count). The molecule has 2 aromatic carbocycles. The second kappa shape index (κ2) is 5.44. The van der Waals surface area contributed by atoms with Gasteiger partial charge in [-0.05, 0) is 56.3 Å². The summed E-state index contributed by atoms with van der Waals surface area (Å²) in [5.41, 5.74) is 3.48. The molecule has 0 unspecified atom stereocenters. The first-order valence-electron chi connectivity index (χ1n) is 6.91. The third-order valence-electron chi connectivity index (χ3n) is 3.41. The van der Waals surface area contributed by atoms with Crippen molar-refractivity contribution >= 4 is 28.4 Å². The van der Waals surface area contributed by atoms with E-state index in [4.69, 9.17) is 0 Å². The highest BCUT2D eigenvalue weighted by atomic mass is 16.1. The number of benzene rings is 2. The third-order valence-corrected chi connectivity index (χ3v) is 3.41. The van der Waals surface area contributed by atoms with Crippen LogP contribution in [0.2, 0.25) is 0 Å². The molecule has 110 valence electrons. The van der Waals surface area contributed by atoms with Crippen molar-refractivity contribution in [3.63, 3.8) is 0 Å². The number of aromatic nitrogens is 2. The van der Waals surface area contributed by atoms with Crippen molar-refractivity contribution in [2.45, 2.75) is 13.8 Å². The number of rotatable bonds is 3. The van der Waals surface area contributed by atoms with Crippen LogP contribution in [0.3, 0.4) is 0 Å². The summed E-state index contributed by atoms with van der Waals surface area (Å²) in [7, 11) is 0. The molecule has 22 heavy (non-hydrogen) atoms. The maximum Gasteiger partial charge on any atom is 0.255 e. The Morgan fingerprint density at radius 3 is 2.41 bits per heavy atom. The Hall–Kier alpha value is -2.95. The van der Waals surface area contributed by atoms with Gasteiger partial charge in [-0.15, -0.1) is 0 Å². The van der Waals surface area contributed by atoms with Crippen LogP contribution in [-0.4, -0.2) is 21.7 Å². The van der Waals surface area contributed by atoms with E-state index in [0.717, 1.165) is 16.9 Å². The van der Waals surface area contributed by atoms with Gasteiger partial charge in [0.2, 0.25) is 0 Å². The van der Waals surface area contributed by atoms with Crippen LogP contribution in [0.1, 0.15) is 33.5 Å². The Balaban J connectivity index is 1.81. The number of hydrogen-bond donors (Lipinski definition) is 2. The van der Waals surface area contributed by atoms with E-state index in [-0.39, 0.29) is 11.7 Å². The third kappa shape index (κ3) is 2.74. The summed E-state index contributed by atoms with van der Waals surface area (Å²) in [6.07, 6.45) is 0. The second-order valence-electron chi connectivity index (χ2n) is 5.14. The number of amides is 1. The molecule has 1 heterocycles. The molecular weight excluding hydrogens is 278 g/mol. The van der Waals surface area contributed by atoms with E-state index >= 15 is 0 Å². The van der Waals surface area contributed by atoms with Gasteiger partial charge in [0.25, 0.3) is 5.91 Å². The summed E-state index contributed by atoms with van der Waals surface area (Å²) >= 11 is 0. The number of aromatic amines is 1. The van der Waals surface area contributed by atoms with Crippen molar-refractivity contribution in [1.82, 2.24) is 9.97 Å². The van der Waals surface area contributed by atoms with Crippen LogP contribution in [0.4, 0.5) is 5.69 Å². The van der Waals surface area contributed by atoms with Crippen molar-refractivity contribution in [2.24, 2.45) is 0 Å². The lowest BCUT2D eigenvalue weighted by Crippen LogP contribution is -2.11. The Bertz CT molecular complexity index is 863. The molecule has 0 fully saturated rings. The first kappa shape index (κ1) is 14.0. The Morgan fingerprint density at radius 1 is 1.05 bits per heavy atom. The average molecular weight is 293 g/mol. The zero-order chi connectivity index (χ0) is 15.7. The van der Waals surface area contributed by atoms with E-state index in [0.29, 0.717) is 16.8 Å². The van der Waals surface area contributed by atoms with Gasteiger partial charge in [-0.3, -0.25) is 9.59 Å². The average Bonchev–Trinajstić information content (AvgIpc) is 2.86. The molecule has 5 heteroatoms. The van der Waals surface area contributed by atoms with E-state index in [2.05, 4.69) is 15.3 Å². The van der Waals surface area contributed by atoms with Crippen LogP contribution in [-0.2, 0) is 0 Å². The number of carbonyl (C=O) groups is 2. The van der Waals surface area contributed by atoms with E-state index in [9.17, 15) is 9.59 Å². The molecule has 1 aromatic heterocycles. The number of imidazole rings is 1. The highest BCUT2D eigenvalue weighted by molar-refractivity contribution is 6.06. The summed E-state index contributed by atoms with van der Waals surface area (Å²) in [5.74, 6) is 0.607. The first-order valence-corrected chi connectivity index (χ1v) is 6.91. The van der Waals surface area contributed by atoms with Gasteiger partial charge in [-0.1, -0.05) is 0 Å². The summed E-state index contributed by atoms with van der Waals surface area (Å²) in [6, 6.07) is 12.1. The van der Waals surface area contributed by atoms with Crippen LogP contribution < -0.4 is 5.32 Å². The summed E-state index contributed by atoms with van der Waals surface area (Å²) in [5, 5.41) is 2.81. The van der Waals surface area contributed by atoms with Gasteiger partial charge < -0.3 is 10.3 Å². The van der Waals surface area contributed by atoms with E-state index in [1.165, 1.54) is 6.92 Å². The van der Waals surface area contributed by atoms with Crippen LogP contribution in [0, 0.1) is 6.92 Å². The van der Waals surface area contributed by atoms with Gasteiger partial charge in [-0.25, -0.2) is 4.98 Å². The lowest BCUT2D eigenvalue weighted by Gasteiger charge is -2.06. The number of carbonyl (C=O) groups excluding carboxylic acids is 2. The van der Waals surface area contributed by atoms with Gasteiger partial charge in [0.1, 0.15) is 5.82 Å². The molecule has 0 saturated heterocycles. The molecule has 3 aromatic rings. The monoisotopic (exact) mass is 293 g/mol. The second-order valence-corrected chi connectivity index (χ2v) is 5.14. The fraction of sp³-hybridized carbons (Fsp3) is 0.118. The molecule has 0 radical (unpaired) electrons. The van der Waals surface area contributed by atoms with Crippen LogP contribution in [0.5, 0.6) is 0 Å². The van der Waals surface area contributed by atoms with Crippen molar-refractivity contribution in [3.05, 3.63) is 59.4 Å². The van der Waals surface area contributed by atoms with Crippen molar-refractivity contribution in [3.8, 4) is 0 Å². The van der Waals surface area contributed by atoms with Gasteiger partial charge >= 0.3 is 0 Å². The number of nitrogens with one attached hydrogen (secondary N) is 2. The predicted octanol–water partition coefficient (Wildman–Crippen LogP) is 3.33. The number of anilines is 1. The predicted molar refractivity (Wildman–Crippen MR) is 85.2 cm³/mol. The van der Waals surface area contributed by atoms with Gasteiger partial charge in [0, 0.05) is 16.8 Å². The van der Waals surface area contributed by atoms with Crippen molar-refractivity contribution in [1.29, 1.82) is 0 Å². The summed E-state index contributed by atoms with van der Waals surface area (Å²) in [4.78, 5) is 30.9. The minimum absolute atomic E-state index is 0.00190. The Labute approximate surface area is 127 Å². The SMILES string of the molecule is CC(=O)c1ccc(NC(=O)c2ccc3nc(C)[nH]c3c2)cc1. The number of Topliss-reactive ketones (excluding diaryl/α,β-unsaturated/α-hetero) is 1. The molecule has 5 nitrogen and oxygen atoms in total. The minimum atomic E-state index is -0.204. The summed E-state index contributed by atoms with van der Waals surface area (Å²) in [6.45, 7) is 3.38. The molecule has 0 aliphatic heterocycles. The molecule has 0 atom stereocenters. The number of H-pyrrole nitrogens is 1. The van der Waals surface area contributed by atoms with E-state index in [1.807, 2.05) is 13.0 Å². The molecule has 0 aliphatic rings. The van der Waals surface area contributed by atoms with E-state index in [1.54, 1.807) is 36.4 Å². The maximum absolute atomic E-state index is 12.3. The Morgan fingerprint density at radius 2 is 1.73 bits per heavy atom. The van der Waals surface area contributed by atoms with Crippen LogP contribution >= 0.6 is 0 Å². The lowest BCUT2D eigenvalue weighted by atomic mass is 10.1. The van der Waals surface area contributed by atoms with Gasteiger partial charge in [-0.2, -0.15) is 0 Å². The van der Waals surface area contributed by atoms with Gasteiger partial charge in [0.05, 0.1) is 11.0 Å². The number of aryl methyl sites for hydroxylation is 1. The molecule has 0 aliphatic carbocycles. The van der Waals surface area contributed by atoms with Gasteiger partial charge in [0.15, 0.2) is 5.78 Å². The maximum atomic E-state index is 12.3. The number of nitrogens with zero attached hydrogens (tertiary/aromatic N) is 1. The van der Waals surface area contributed by atoms with Crippen LogP contribution in [0.25, 0.3) is 11.0 Å². The van der Waals surface area contributed by atoms with Crippen molar-refractivity contribution in [2.75, 3.05) is 5.32 Å². The van der Waals surface area contributed by atoms with E-state index < -0.39 is 0 Å². The topological polar surface area (TPSA) is 74.8 Å². The number of hydrogen-bond acceptors (Lipinski definition) is 3. The fourth-order valence-corrected chi connectivity index (χ4v) is 2.27. The van der Waals surface area contributed by atoms with Crippen molar-refractivity contribution < 1.29 is 9.59 Å². The number of fused-ring (bicyclic) bond motifs is 1. The highest BCUT2D eigenvalue weighted by Gasteiger charge is 2.09. The minimum Gasteiger partial charge on any atom is -0.342 e. The molecular formula is C17H15N3O2. The largest absolute Gasteiger partial charge is 0.342 e. The highest BCUT2D eigenvalue weighted by Crippen LogP contribution is 2.16.